The summed E-state index contributed by atoms with van der Waals surface area (Å²) in [5, 5.41) is 2.02. The van der Waals surface area contributed by atoms with Crippen molar-refractivity contribution in [3.8, 4) is 0 Å². The SMILES string of the molecule is CSc1nc(Cl)cc(Sc2cccc(Br)c2)n1. The zero-order valence-electron chi connectivity index (χ0n) is 8.85. The standard InChI is InChI=1S/C11H8BrClN2S2/c1-16-11-14-9(13)6-10(15-11)17-8-4-2-3-7(12)5-8/h2-6H,1H3. The molecule has 88 valence electrons. The van der Waals surface area contributed by atoms with Gasteiger partial charge in [0.2, 0.25) is 0 Å². The number of thioether (sulfide) groups is 1. The number of halogens is 2. The highest BCUT2D eigenvalue weighted by molar-refractivity contribution is 9.10. The van der Waals surface area contributed by atoms with E-state index >= 15 is 0 Å². The molecule has 0 saturated heterocycles. The summed E-state index contributed by atoms with van der Waals surface area (Å²) in [5.41, 5.74) is 0. The predicted molar refractivity (Wildman–Crippen MR) is 77.1 cm³/mol. The summed E-state index contributed by atoms with van der Waals surface area (Å²) in [6.45, 7) is 0. The van der Waals surface area contributed by atoms with Gasteiger partial charge < -0.3 is 0 Å². The molecule has 0 aliphatic rings. The summed E-state index contributed by atoms with van der Waals surface area (Å²) in [6.07, 6.45) is 1.93. The van der Waals surface area contributed by atoms with Crippen molar-refractivity contribution < 1.29 is 0 Å². The van der Waals surface area contributed by atoms with Gasteiger partial charge in [-0.1, -0.05) is 57.1 Å². The maximum absolute atomic E-state index is 5.94. The lowest BCUT2D eigenvalue weighted by atomic mass is 10.4. The Morgan fingerprint density at radius 2 is 2.06 bits per heavy atom. The number of hydrogen-bond acceptors (Lipinski definition) is 4. The third-order valence-electron chi connectivity index (χ3n) is 1.85. The van der Waals surface area contributed by atoms with Gasteiger partial charge in [0.25, 0.3) is 0 Å². The molecule has 1 aromatic carbocycles. The van der Waals surface area contributed by atoms with Crippen LogP contribution < -0.4 is 0 Å². The van der Waals surface area contributed by atoms with E-state index in [-0.39, 0.29) is 0 Å². The van der Waals surface area contributed by atoms with E-state index in [0.717, 1.165) is 14.4 Å². The van der Waals surface area contributed by atoms with Gasteiger partial charge in [-0.05, 0) is 24.5 Å². The number of aromatic nitrogens is 2. The zero-order valence-corrected chi connectivity index (χ0v) is 12.8. The molecule has 0 bridgehead atoms. The number of nitrogens with zero attached hydrogens (tertiary/aromatic N) is 2. The Morgan fingerprint density at radius 1 is 1.24 bits per heavy atom. The van der Waals surface area contributed by atoms with Crippen molar-refractivity contribution in [2.75, 3.05) is 6.26 Å². The molecule has 2 rings (SSSR count). The summed E-state index contributed by atoms with van der Waals surface area (Å²) >= 11 is 12.4. The van der Waals surface area contributed by atoms with E-state index in [0.29, 0.717) is 10.3 Å². The minimum absolute atomic E-state index is 0.474. The molecule has 1 aromatic heterocycles. The van der Waals surface area contributed by atoms with Crippen molar-refractivity contribution in [1.82, 2.24) is 9.97 Å². The van der Waals surface area contributed by atoms with Crippen LogP contribution in [0.3, 0.4) is 0 Å². The molecule has 0 atom stereocenters. The van der Waals surface area contributed by atoms with E-state index < -0.39 is 0 Å². The molecular weight excluding hydrogens is 340 g/mol. The fraction of sp³-hybridized carbons (Fsp3) is 0.0909. The van der Waals surface area contributed by atoms with Gasteiger partial charge in [0.05, 0.1) is 0 Å². The molecule has 2 nitrogen and oxygen atoms in total. The van der Waals surface area contributed by atoms with Crippen LogP contribution in [0.25, 0.3) is 0 Å². The summed E-state index contributed by atoms with van der Waals surface area (Å²) < 4.78 is 1.05. The van der Waals surface area contributed by atoms with Gasteiger partial charge in [-0.25, -0.2) is 9.97 Å². The first-order chi connectivity index (χ1) is 8.17. The van der Waals surface area contributed by atoms with Gasteiger partial charge >= 0.3 is 0 Å². The monoisotopic (exact) mass is 346 g/mol. The van der Waals surface area contributed by atoms with Gasteiger partial charge in [-0.2, -0.15) is 0 Å². The van der Waals surface area contributed by atoms with Gasteiger partial charge in [-0.3, -0.25) is 0 Å². The molecule has 2 aromatic rings. The topological polar surface area (TPSA) is 25.8 Å². The Labute approximate surface area is 122 Å². The van der Waals surface area contributed by atoms with Crippen LogP contribution in [0.1, 0.15) is 0 Å². The molecule has 0 N–H and O–H groups in total. The number of hydrogen-bond donors (Lipinski definition) is 0. The van der Waals surface area contributed by atoms with E-state index in [4.69, 9.17) is 11.6 Å². The first-order valence-electron chi connectivity index (χ1n) is 4.69. The molecule has 0 fully saturated rings. The van der Waals surface area contributed by atoms with E-state index in [1.54, 1.807) is 17.8 Å². The van der Waals surface area contributed by atoms with Crippen molar-refractivity contribution in [1.29, 1.82) is 0 Å². The molecule has 6 heteroatoms. The molecule has 0 unspecified atom stereocenters. The van der Waals surface area contributed by atoms with Crippen LogP contribution in [0, 0.1) is 0 Å². The Morgan fingerprint density at radius 3 is 2.76 bits per heavy atom. The molecular formula is C11H8BrClN2S2. The van der Waals surface area contributed by atoms with Crippen LogP contribution in [-0.4, -0.2) is 16.2 Å². The quantitative estimate of drug-likeness (QED) is 0.454. The molecule has 1 heterocycles. The molecule has 0 saturated carbocycles. The zero-order chi connectivity index (χ0) is 12.3. The Balaban J connectivity index is 2.26. The summed E-state index contributed by atoms with van der Waals surface area (Å²) in [7, 11) is 0. The lowest BCUT2D eigenvalue weighted by molar-refractivity contribution is 0.894. The fourth-order valence-electron chi connectivity index (χ4n) is 1.17. The van der Waals surface area contributed by atoms with E-state index in [1.165, 1.54) is 11.8 Å². The molecule has 0 aliphatic heterocycles. The second kappa shape index (κ2) is 6.09. The Kier molecular flexibility index (Phi) is 4.73. The van der Waals surface area contributed by atoms with Crippen molar-refractivity contribution >= 4 is 51.1 Å². The minimum Gasteiger partial charge on any atom is -0.216 e. The number of benzene rings is 1. The van der Waals surface area contributed by atoms with Gasteiger partial charge in [0, 0.05) is 15.4 Å². The lowest BCUT2D eigenvalue weighted by Crippen LogP contribution is -1.88. The highest BCUT2D eigenvalue weighted by Gasteiger charge is 2.04. The maximum Gasteiger partial charge on any atom is 0.189 e. The van der Waals surface area contributed by atoms with Crippen molar-refractivity contribution in [2.45, 2.75) is 15.1 Å². The first-order valence-corrected chi connectivity index (χ1v) is 7.90. The average molecular weight is 348 g/mol. The molecule has 0 aliphatic carbocycles. The molecule has 0 radical (unpaired) electrons. The predicted octanol–water partition coefficient (Wildman–Crippen LogP) is 4.77. The van der Waals surface area contributed by atoms with E-state index in [1.807, 2.05) is 30.5 Å². The van der Waals surface area contributed by atoms with Crippen LogP contribution in [-0.2, 0) is 0 Å². The number of rotatable bonds is 3. The van der Waals surface area contributed by atoms with Crippen LogP contribution in [0.15, 0.2) is 49.9 Å². The van der Waals surface area contributed by atoms with Crippen LogP contribution in [0.4, 0.5) is 0 Å². The van der Waals surface area contributed by atoms with Crippen LogP contribution in [0.2, 0.25) is 5.15 Å². The third-order valence-corrected chi connectivity index (χ3v) is 3.99. The average Bonchev–Trinajstić information content (AvgIpc) is 2.28. The van der Waals surface area contributed by atoms with E-state index in [9.17, 15) is 0 Å². The van der Waals surface area contributed by atoms with Gasteiger partial charge in [0.15, 0.2) is 5.16 Å². The molecule has 0 amide bonds. The summed E-state index contributed by atoms with van der Waals surface area (Å²) in [4.78, 5) is 9.61. The third kappa shape index (κ3) is 3.88. The van der Waals surface area contributed by atoms with Gasteiger partial charge in [-0.15, -0.1) is 0 Å². The Bertz CT molecular complexity index is 537. The normalized spacial score (nSPS) is 10.5. The van der Waals surface area contributed by atoms with Crippen molar-refractivity contribution in [3.63, 3.8) is 0 Å². The highest BCUT2D eigenvalue weighted by Crippen LogP contribution is 2.30. The fourth-order valence-corrected chi connectivity index (χ4v) is 3.33. The molecule has 0 spiro atoms. The van der Waals surface area contributed by atoms with Crippen molar-refractivity contribution in [2.24, 2.45) is 0 Å². The maximum atomic E-state index is 5.94. The second-order valence-corrected chi connectivity index (χ2v) is 6.25. The highest BCUT2D eigenvalue weighted by atomic mass is 79.9. The van der Waals surface area contributed by atoms with Crippen LogP contribution in [0.5, 0.6) is 0 Å². The minimum atomic E-state index is 0.474. The molecule has 17 heavy (non-hydrogen) atoms. The summed E-state index contributed by atoms with van der Waals surface area (Å²) in [5.74, 6) is 0. The smallest absolute Gasteiger partial charge is 0.189 e. The van der Waals surface area contributed by atoms with E-state index in [2.05, 4.69) is 25.9 Å². The van der Waals surface area contributed by atoms with Gasteiger partial charge in [0.1, 0.15) is 10.2 Å². The van der Waals surface area contributed by atoms with Crippen LogP contribution >= 0.6 is 51.1 Å². The second-order valence-electron chi connectivity index (χ2n) is 3.08. The largest absolute Gasteiger partial charge is 0.216 e. The Hall–Kier alpha value is -0.230. The van der Waals surface area contributed by atoms with Crippen molar-refractivity contribution in [3.05, 3.63) is 40.0 Å². The lowest BCUT2D eigenvalue weighted by Gasteiger charge is -2.03. The first kappa shape index (κ1) is 13.2. The summed E-state index contributed by atoms with van der Waals surface area (Å²) in [6, 6.07) is 9.82.